The summed E-state index contributed by atoms with van der Waals surface area (Å²) in [5.74, 6) is 0.846. The van der Waals surface area contributed by atoms with E-state index in [0.717, 1.165) is 31.4 Å². The van der Waals surface area contributed by atoms with Crippen LogP contribution < -0.4 is 0 Å². The first kappa shape index (κ1) is 16.9. The summed E-state index contributed by atoms with van der Waals surface area (Å²) in [6, 6.07) is 14.4. The molecule has 1 aromatic carbocycles. The van der Waals surface area contributed by atoms with Crippen molar-refractivity contribution >= 4 is 17.2 Å². The van der Waals surface area contributed by atoms with Crippen LogP contribution in [0.3, 0.4) is 0 Å². The third-order valence-corrected chi connectivity index (χ3v) is 5.31. The van der Waals surface area contributed by atoms with Gasteiger partial charge in [-0.1, -0.05) is 36.4 Å². The van der Waals surface area contributed by atoms with Gasteiger partial charge in [-0.25, -0.2) is 0 Å². The molecule has 1 aliphatic rings. The fraction of sp³-hybridized carbons (Fsp3) is 0.368. The number of tetrazole rings is 1. The molecule has 0 bridgehead atoms. The molecule has 7 heteroatoms. The van der Waals surface area contributed by atoms with E-state index in [0.29, 0.717) is 24.8 Å². The summed E-state index contributed by atoms with van der Waals surface area (Å²) < 4.78 is 0. The van der Waals surface area contributed by atoms with Crippen LogP contribution in [0.2, 0.25) is 0 Å². The Morgan fingerprint density at radius 2 is 2.04 bits per heavy atom. The van der Waals surface area contributed by atoms with E-state index in [1.54, 1.807) is 16.1 Å². The molecule has 4 rings (SSSR count). The Hall–Kier alpha value is -2.54. The lowest BCUT2D eigenvalue weighted by Crippen LogP contribution is -2.32. The second-order valence-corrected chi connectivity index (χ2v) is 7.54. The molecular weight excluding hydrogens is 346 g/mol. The van der Waals surface area contributed by atoms with E-state index >= 15 is 0 Å². The fourth-order valence-electron chi connectivity index (χ4n) is 2.93. The highest BCUT2D eigenvalue weighted by molar-refractivity contribution is 7.09. The zero-order valence-electron chi connectivity index (χ0n) is 14.5. The quantitative estimate of drug-likeness (QED) is 0.612. The van der Waals surface area contributed by atoms with Crippen molar-refractivity contribution in [2.75, 3.05) is 0 Å². The Kier molecular flexibility index (Phi) is 5.06. The molecule has 1 aliphatic carbocycles. The van der Waals surface area contributed by atoms with Crippen LogP contribution in [0.25, 0.3) is 11.4 Å². The number of carbonyl (C=O) groups excluding carboxylic acids is 1. The Balaban J connectivity index is 1.30. The molecule has 0 aliphatic heterocycles. The molecule has 0 saturated heterocycles. The zero-order valence-corrected chi connectivity index (χ0v) is 15.3. The summed E-state index contributed by atoms with van der Waals surface area (Å²) in [4.78, 5) is 17.5. The van der Waals surface area contributed by atoms with Gasteiger partial charge in [0.2, 0.25) is 11.7 Å². The summed E-state index contributed by atoms with van der Waals surface area (Å²) in [6.45, 7) is 1.34. The highest BCUT2D eigenvalue weighted by Gasteiger charge is 2.32. The molecule has 1 saturated carbocycles. The lowest BCUT2D eigenvalue weighted by atomic mass is 10.2. The molecule has 0 N–H and O–H groups in total. The molecule has 0 atom stereocenters. The largest absolute Gasteiger partial charge is 0.335 e. The maximum absolute atomic E-state index is 12.6. The van der Waals surface area contributed by atoms with Crippen LogP contribution >= 0.6 is 11.3 Å². The van der Waals surface area contributed by atoms with E-state index in [9.17, 15) is 4.79 Å². The van der Waals surface area contributed by atoms with Crippen molar-refractivity contribution in [3.8, 4) is 11.4 Å². The maximum atomic E-state index is 12.6. The van der Waals surface area contributed by atoms with Crippen molar-refractivity contribution < 1.29 is 4.79 Å². The average Bonchev–Trinajstić information content (AvgIpc) is 3.17. The van der Waals surface area contributed by atoms with Crippen molar-refractivity contribution in [1.82, 2.24) is 25.1 Å². The molecule has 2 heterocycles. The minimum absolute atomic E-state index is 0.226. The molecule has 0 spiro atoms. The molecule has 0 radical (unpaired) electrons. The number of amides is 1. The van der Waals surface area contributed by atoms with E-state index in [4.69, 9.17) is 0 Å². The van der Waals surface area contributed by atoms with Gasteiger partial charge >= 0.3 is 0 Å². The minimum Gasteiger partial charge on any atom is -0.335 e. The van der Waals surface area contributed by atoms with Crippen LogP contribution in [0.4, 0.5) is 0 Å². The Morgan fingerprint density at radius 1 is 1.19 bits per heavy atom. The van der Waals surface area contributed by atoms with Crippen LogP contribution in [0.15, 0.2) is 47.8 Å². The van der Waals surface area contributed by atoms with Crippen molar-refractivity contribution in [2.24, 2.45) is 0 Å². The minimum atomic E-state index is 0.226. The number of hydrogen-bond acceptors (Lipinski definition) is 5. The van der Waals surface area contributed by atoms with Gasteiger partial charge in [0.15, 0.2) is 0 Å². The molecule has 1 fully saturated rings. The molecule has 134 valence electrons. The van der Waals surface area contributed by atoms with E-state index < -0.39 is 0 Å². The molecule has 26 heavy (non-hydrogen) atoms. The molecule has 3 aromatic rings. The van der Waals surface area contributed by atoms with Crippen LogP contribution in [-0.2, 0) is 17.9 Å². The predicted octanol–water partition coefficient (Wildman–Crippen LogP) is 3.37. The molecule has 2 aromatic heterocycles. The van der Waals surface area contributed by atoms with Crippen LogP contribution in [0, 0.1) is 0 Å². The smallest absolute Gasteiger partial charge is 0.223 e. The lowest BCUT2D eigenvalue weighted by molar-refractivity contribution is -0.132. The van der Waals surface area contributed by atoms with E-state index in [2.05, 4.69) is 26.9 Å². The highest BCUT2D eigenvalue weighted by Crippen LogP contribution is 2.30. The van der Waals surface area contributed by atoms with Gasteiger partial charge in [-0.2, -0.15) is 4.80 Å². The van der Waals surface area contributed by atoms with Gasteiger partial charge in [0.25, 0.3) is 0 Å². The van der Waals surface area contributed by atoms with Crippen molar-refractivity contribution in [3.05, 3.63) is 52.7 Å². The third kappa shape index (κ3) is 4.16. The molecule has 1 amide bonds. The topological polar surface area (TPSA) is 63.9 Å². The van der Waals surface area contributed by atoms with Gasteiger partial charge in [0.1, 0.15) is 0 Å². The van der Waals surface area contributed by atoms with Crippen LogP contribution in [-0.4, -0.2) is 37.1 Å². The summed E-state index contributed by atoms with van der Waals surface area (Å²) >= 11 is 1.71. The van der Waals surface area contributed by atoms with Crippen LogP contribution in [0.5, 0.6) is 0 Å². The summed E-state index contributed by atoms with van der Waals surface area (Å²) in [6.07, 6.45) is 3.49. The highest BCUT2D eigenvalue weighted by atomic mass is 32.1. The maximum Gasteiger partial charge on any atom is 0.223 e. The summed E-state index contributed by atoms with van der Waals surface area (Å²) in [7, 11) is 0. The first-order valence-corrected chi connectivity index (χ1v) is 9.82. The monoisotopic (exact) mass is 367 g/mol. The van der Waals surface area contributed by atoms with Gasteiger partial charge in [-0.15, -0.1) is 21.5 Å². The van der Waals surface area contributed by atoms with Crippen molar-refractivity contribution in [3.63, 3.8) is 0 Å². The van der Waals surface area contributed by atoms with Crippen LogP contribution in [0.1, 0.15) is 30.6 Å². The number of nitrogens with zero attached hydrogens (tertiary/aromatic N) is 5. The number of aromatic nitrogens is 4. The lowest BCUT2D eigenvalue weighted by Gasteiger charge is -2.21. The molecule has 0 unspecified atom stereocenters. The van der Waals surface area contributed by atoms with Gasteiger partial charge < -0.3 is 4.90 Å². The molecular formula is C19H21N5OS. The number of thiophene rings is 1. The zero-order chi connectivity index (χ0) is 17.8. The SMILES string of the molecule is O=C(CCCn1nnc(-c2ccccc2)n1)N(Cc1cccs1)C1CC1. The van der Waals surface area contributed by atoms with E-state index in [1.807, 2.05) is 41.3 Å². The number of carbonyl (C=O) groups is 1. The Bertz CT molecular complexity index is 842. The van der Waals surface area contributed by atoms with E-state index in [-0.39, 0.29) is 5.91 Å². The van der Waals surface area contributed by atoms with Crippen molar-refractivity contribution in [1.29, 1.82) is 0 Å². The Labute approximate surface area is 156 Å². The van der Waals surface area contributed by atoms with Gasteiger partial charge in [0.05, 0.1) is 13.1 Å². The first-order valence-electron chi connectivity index (χ1n) is 8.95. The second-order valence-electron chi connectivity index (χ2n) is 6.51. The number of hydrogen-bond donors (Lipinski definition) is 0. The predicted molar refractivity (Wildman–Crippen MR) is 100 cm³/mol. The summed E-state index contributed by atoms with van der Waals surface area (Å²) in [5, 5.41) is 14.7. The van der Waals surface area contributed by atoms with E-state index in [1.165, 1.54) is 4.88 Å². The average molecular weight is 367 g/mol. The third-order valence-electron chi connectivity index (χ3n) is 4.45. The van der Waals surface area contributed by atoms with Gasteiger partial charge in [-0.3, -0.25) is 4.79 Å². The number of aryl methyl sites for hydroxylation is 1. The molecule has 6 nitrogen and oxygen atoms in total. The second kappa shape index (κ2) is 7.78. The van der Waals surface area contributed by atoms with Gasteiger partial charge in [0, 0.05) is 22.9 Å². The number of rotatable bonds is 8. The normalized spacial score (nSPS) is 13.7. The Morgan fingerprint density at radius 3 is 2.77 bits per heavy atom. The standard InChI is InChI=1S/C19H21N5OS/c25-18(23(16-10-11-16)14-17-8-5-13-26-17)9-4-12-24-21-19(20-22-24)15-6-2-1-3-7-15/h1-3,5-8,13,16H,4,9-12,14H2. The first-order chi connectivity index (χ1) is 12.8. The fourth-order valence-corrected chi connectivity index (χ4v) is 3.64. The number of benzene rings is 1. The summed E-state index contributed by atoms with van der Waals surface area (Å²) in [5.41, 5.74) is 0.950. The van der Waals surface area contributed by atoms with Crippen molar-refractivity contribution in [2.45, 2.75) is 44.8 Å². The van der Waals surface area contributed by atoms with Gasteiger partial charge in [-0.05, 0) is 35.9 Å².